The Morgan fingerprint density at radius 1 is 0.879 bits per heavy atom. The lowest BCUT2D eigenvalue weighted by atomic mass is 9.78. The minimum Gasteiger partial charge on any atom is -0.480 e. The van der Waals surface area contributed by atoms with Crippen LogP contribution in [0.2, 0.25) is 0 Å². The molecule has 0 spiro atoms. The number of Topliss-reactive ketones (excluding diaryl/α,β-unsaturated/α-hetero) is 3. The van der Waals surface area contributed by atoms with Crippen molar-refractivity contribution in [1.29, 1.82) is 0 Å². The number of rotatable bonds is 25. The Bertz CT molecular complexity index is 1740. The second kappa shape index (κ2) is 27.0. The van der Waals surface area contributed by atoms with Gasteiger partial charge >= 0.3 is 5.97 Å². The van der Waals surface area contributed by atoms with Crippen LogP contribution >= 0.6 is 0 Å². The molecule has 0 unspecified atom stereocenters. The molecule has 1 saturated carbocycles. The zero-order valence-corrected chi connectivity index (χ0v) is 41.1. The van der Waals surface area contributed by atoms with Gasteiger partial charge < -0.3 is 49.4 Å². The number of hydrogen-bond donors (Lipinski definition) is 5. The van der Waals surface area contributed by atoms with Crippen molar-refractivity contribution in [3.63, 3.8) is 0 Å². The summed E-state index contributed by atoms with van der Waals surface area (Å²) in [5.74, 6) is -7.74. The summed E-state index contributed by atoms with van der Waals surface area (Å²) in [6.45, 7) is 12.7. The molecule has 3 rings (SSSR count). The molecule has 0 radical (unpaired) electrons. The van der Waals surface area contributed by atoms with Crippen LogP contribution in [0.5, 0.6) is 0 Å². The summed E-state index contributed by atoms with van der Waals surface area (Å²) >= 11 is 0. The molecule has 1 amide bonds. The summed E-state index contributed by atoms with van der Waals surface area (Å²) < 4.78 is 22.6. The maximum atomic E-state index is 13.6. The molecule has 1 aliphatic carbocycles. The predicted molar refractivity (Wildman–Crippen MR) is 249 cm³/mol. The molecule has 15 heteroatoms. The van der Waals surface area contributed by atoms with Gasteiger partial charge in [0.2, 0.25) is 5.79 Å². The number of piperidine rings is 1. The van der Waals surface area contributed by atoms with Crippen LogP contribution in [0, 0.1) is 35.5 Å². The number of ether oxygens (including phenoxy) is 4. The van der Waals surface area contributed by atoms with E-state index in [0.29, 0.717) is 62.9 Å². The topological polar surface area (TPSA) is 227 Å². The molecular formula is C51H81NO14. The number of carboxylic acid groups (broad SMARTS) is 1. The standard InChI is InChI=1S/C51H81NO14/c1-30(24-34(5)45(56)47(65-10)46(57)35(6)25-32(3)41(54)29-42(55)33(4)26-37-20-22-40(53)44(27-37)64-9)16-12-11-13-17-31(2)43(63-8)28-38-21-19-36(7)51(62,66-38)48(58)49(59)52-23-15-14-18-39(52)50(60)61/h11-13,16-17,25,30,32-34,36-40,42-44,46-47,53,55,57,62H,14-15,18-24,26-29H2,1-10H3,(H,60,61)/b13-11+,16-12+,31-17+,35-25+/t30-,32-,33-,34-,36-,37+,38+,39+,40-,42+,43+,44-,46-,47+,51-/m1/s1. The van der Waals surface area contributed by atoms with E-state index in [0.717, 1.165) is 23.3 Å². The van der Waals surface area contributed by atoms with Gasteiger partial charge in [-0.1, -0.05) is 71.1 Å². The molecule has 3 aliphatic rings. The molecule has 2 aliphatic heterocycles. The highest BCUT2D eigenvalue weighted by Gasteiger charge is 2.53. The Hall–Kier alpha value is -3.41. The van der Waals surface area contributed by atoms with Crippen LogP contribution in [0.3, 0.4) is 0 Å². The van der Waals surface area contributed by atoms with Crippen molar-refractivity contribution in [2.45, 2.75) is 180 Å². The third kappa shape index (κ3) is 15.8. The average molecular weight is 932 g/mol. The lowest BCUT2D eigenvalue weighted by Crippen LogP contribution is -2.60. The number of carbonyl (C=O) groups is 5. The first kappa shape index (κ1) is 56.9. The monoisotopic (exact) mass is 932 g/mol. The van der Waals surface area contributed by atoms with E-state index >= 15 is 0 Å². The lowest BCUT2D eigenvalue weighted by Gasteiger charge is -2.42. The van der Waals surface area contributed by atoms with Gasteiger partial charge in [0, 0.05) is 58.5 Å². The number of aliphatic hydroxyl groups is 4. The first-order valence-corrected chi connectivity index (χ1v) is 24.0. The molecule has 0 aromatic heterocycles. The van der Waals surface area contributed by atoms with Crippen LogP contribution in [0.4, 0.5) is 0 Å². The molecule has 0 aromatic rings. The van der Waals surface area contributed by atoms with Crippen LogP contribution in [0.15, 0.2) is 47.6 Å². The second-order valence-electron chi connectivity index (χ2n) is 19.5. The van der Waals surface area contributed by atoms with Crippen LogP contribution in [0.1, 0.15) is 126 Å². The van der Waals surface area contributed by atoms with Crippen molar-refractivity contribution in [2.24, 2.45) is 35.5 Å². The lowest BCUT2D eigenvalue weighted by molar-refractivity contribution is -0.265. The van der Waals surface area contributed by atoms with Crippen LogP contribution in [-0.2, 0) is 42.9 Å². The second-order valence-corrected chi connectivity index (χ2v) is 19.5. The third-order valence-electron chi connectivity index (χ3n) is 14.3. The highest BCUT2D eigenvalue weighted by atomic mass is 16.6. The van der Waals surface area contributed by atoms with E-state index in [9.17, 15) is 49.5 Å². The minimum atomic E-state index is -2.39. The Kier molecular flexibility index (Phi) is 23.2. The highest BCUT2D eigenvalue weighted by Crippen LogP contribution is 2.37. The molecule has 5 N–H and O–H groups in total. The van der Waals surface area contributed by atoms with Crippen LogP contribution in [0.25, 0.3) is 0 Å². The number of carboxylic acids is 1. The van der Waals surface area contributed by atoms with Gasteiger partial charge in [0.25, 0.3) is 11.7 Å². The smallest absolute Gasteiger partial charge is 0.326 e. The molecular weight excluding hydrogens is 851 g/mol. The van der Waals surface area contributed by atoms with E-state index in [4.69, 9.17) is 18.9 Å². The quantitative estimate of drug-likeness (QED) is 0.0421. The summed E-state index contributed by atoms with van der Waals surface area (Å²) in [6, 6.07) is -1.12. The van der Waals surface area contributed by atoms with Crippen molar-refractivity contribution < 1.29 is 68.5 Å². The number of amides is 1. The number of carbonyl (C=O) groups excluding carboxylic acids is 4. The first-order chi connectivity index (χ1) is 31.1. The first-order valence-electron chi connectivity index (χ1n) is 24.0. The number of nitrogens with zero attached hydrogens (tertiary/aromatic N) is 1. The fraction of sp³-hybridized carbons (Fsp3) is 0.745. The maximum absolute atomic E-state index is 13.6. The Morgan fingerprint density at radius 3 is 2.21 bits per heavy atom. The molecule has 15 nitrogen and oxygen atoms in total. The van der Waals surface area contributed by atoms with Gasteiger partial charge in [0.05, 0.1) is 30.5 Å². The van der Waals surface area contributed by atoms with Crippen molar-refractivity contribution in [1.82, 2.24) is 4.90 Å². The van der Waals surface area contributed by atoms with Crippen molar-refractivity contribution in [2.75, 3.05) is 27.9 Å². The molecule has 66 heavy (non-hydrogen) atoms. The van der Waals surface area contributed by atoms with E-state index in [2.05, 4.69) is 0 Å². The van der Waals surface area contributed by atoms with E-state index in [1.807, 2.05) is 51.2 Å². The highest BCUT2D eigenvalue weighted by molar-refractivity contribution is 6.39. The number of ketones is 3. The molecule has 2 heterocycles. The largest absolute Gasteiger partial charge is 0.480 e. The third-order valence-corrected chi connectivity index (χ3v) is 14.3. The summed E-state index contributed by atoms with van der Waals surface area (Å²) in [5.41, 5.74) is 1.29. The van der Waals surface area contributed by atoms with E-state index in [1.54, 1.807) is 48.0 Å². The van der Waals surface area contributed by atoms with Crippen LogP contribution in [-0.4, -0.2) is 142 Å². The summed E-state index contributed by atoms with van der Waals surface area (Å²) in [4.78, 5) is 66.2. The SMILES string of the molecule is CO[C@@H](C[C@@H]1CC[C@@H](C)[C@](O)(C(=O)C(=O)N2CCCC[C@H]2C(=O)O)O1)/C(C)=C/C=C/C=C/[C@@H](C)C[C@@H](C)C(=O)[C@H](OC)[C@H](O)/C(C)=C/[C@@H](C)C(=O)C[C@H](O)[C@H](C)C[C@@H]1CC[C@@H](O)[C@H](OC)C1. The van der Waals surface area contributed by atoms with Crippen molar-refractivity contribution >= 4 is 29.2 Å². The van der Waals surface area contributed by atoms with Crippen molar-refractivity contribution in [3.8, 4) is 0 Å². The van der Waals surface area contributed by atoms with Gasteiger partial charge in [-0.15, -0.1) is 0 Å². The Labute approximate surface area is 392 Å². The molecule has 2 saturated heterocycles. The van der Waals surface area contributed by atoms with Crippen molar-refractivity contribution in [3.05, 3.63) is 47.6 Å². The summed E-state index contributed by atoms with van der Waals surface area (Å²) in [7, 11) is 4.52. The van der Waals surface area contributed by atoms with E-state index in [-0.39, 0.29) is 48.9 Å². The zero-order valence-electron chi connectivity index (χ0n) is 41.1. The number of hydrogen-bond acceptors (Lipinski definition) is 13. The number of likely N-dealkylation sites (tertiary alicyclic amines) is 1. The normalized spacial score (nSPS) is 29.5. The summed E-state index contributed by atoms with van der Waals surface area (Å²) in [5, 5.41) is 53.3. The fourth-order valence-corrected chi connectivity index (χ4v) is 9.76. The Balaban J connectivity index is 1.50. The molecule has 0 aromatic carbocycles. The maximum Gasteiger partial charge on any atom is 0.326 e. The molecule has 15 atom stereocenters. The average Bonchev–Trinajstić information content (AvgIpc) is 3.28. The molecule has 3 fully saturated rings. The van der Waals surface area contributed by atoms with Gasteiger partial charge in [0.15, 0.2) is 5.78 Å². The number of methoxy groups -OCH3 is 3. The minimum absolute atomic E-state index is 0.00151. The van der Waals surface area contributed by atoms with Crippen LogP contribution < -0.4 is 0 Å². The van der Waals surface area contributed by atoms with Gasteiger partial charge in [-0.25, -0.2) is 4.79 Å². The molecule has 0 bridgehead atoms. The zero-order chi connectivity index (χ0) is 49.5. The van der Waals surface area contributed by atoms with Gasteiger partial charge in [0.1, 0.15) is 24.0 Å². The van der Waals surface area contributed by atoms with E-state index in [1.165, 1.54) is 7.11 Å². The predicted octanol–water partition coefficient (Wildman–Crippen LogP) is 5.70. The van der Waals surface area contributed by atoms with Gasteiger partial charge in [-0.2, -0.15) is 0 Å². The summed E-state index contributed by atoms with van der Waals surface area (Å²) in [6.07, 6.45) is 12.2. The van der Waals surface area contributed by atoms with E-state index < -0.39 is 83.9 Å². The van der Waals surface area contributed by atoms with Gasteiger partial charge in [-0.3, -0.25) is 19.2 Å². The fourth-order valence-electron chi connectivity index (χ4n) is 9.76. The van der Waals surface area contributed by atoms with Gasteiger partial charge in [-0.05, 0) is 107 Å². The number of allylic oxidation sites excluding steroid dienone is 6. The molecule has 374 valence electrons. The number of aliphatic hydroxyl groups excluding tert-OH is 3. The Morgan fingerprint density at radius 2 is 1.58 bits per heavy atom. The number of aliphatic carboxylic acids is 1.